The van der Waals surface area contributed by atoms with E-state index in [2.05, 4.69) is 40.5 Å². The number of unbranched alkanes of at least 4 members (excludes halogenated alkanes) is 2. The van der Waals surface area contributed by atoms with E-state index in [0.29, 0.717) is 66.4 Å². The minimum absolute atomic E-state index is 0.115. The van der Waals surface area contributed by atoms with E-state index in [-0.39, 0.29) is 24.1 Å². The Balaban J connectivity index is 1.07. The summed E-state index contributed by atoms with van der Waals surface area (Å²) in [5, 5.41) is 2.90. The third-order valence-corrected chi connectivity index (χ3v) is 14.0. The highest BCUT2D eigenvalue weighted by Crippen LogP contribution is 2.52. The molecule has 0 radical (unpaired) electrons. The van der Waals surface area contributed by atoms with E-state index in [1.807, 2.05) is 39.0 Å². The largest absolute Gasteiger partial charge is 0.501 e. The quantitative estimate of drug-likeness (QED) is 0.0638. The van der Waals surface area contributed by atoms with Gasteiger partial charge in [0.1, 0.15) is 22.4 Å². The number of rotatable bonds is 20. The zero-order valence-electron chi connectivity index (χ0n) is 30.2. The number of hydrogen-bond acceptors (Lipinski definition) is 10. The zero-order chi connectivity index (χ0) is 36.4. The van der Waals surface area contributed by atoms with E-state index in [4.69, 9.17) is 30.2 Å². The number of ketones is 1. The number of thioether (sulfide) groups is 1. The van der Waals surface area contributed by atoms with E-state index in [1.165, 1.54) is 34.3 Å². The van der Waals surface area contributed by atoms with Gasteiger partial charge in [0, 0.05) is 68.6 Å². The standard InChI is InChI=1S/C38H51N3O7S2Si/c1-5-46-51(47-6-2,48-7-3)23-21-29(42)12-9-8-10-22-39-36(43)26-40-37(44)35(50-38(40)49)25-27-15-20-34-32(24-27)31-13-11-14-33(31)41(34)28-16-18-30(45-4)19-17-28/h15-20,24-25,31,33H,5-14,21-23,26H2,1-4H3,(H,39,43)/b35-25-. The number of nitrogens with one attached hydrogen (secondary N) is 1. The topological polar surface area (TPSA) is 107 Å². The van der Waals surface area contributed by atoms with Crippen molar-refractivity contribution in [1.29, 1.82) is 0 Å². The number of thiocarbonyl (C=S) groups is 1. The molecule has 0 aromatic heterocycles. The number of ether oxygens (including phenoxy) is 1. The average molecular weight is 754 g/mol. The van der Waals surface area contributed by atoms with Crippen molar-refractivity contribution >= 4 is 72.2 Å². The van der Waals surface area contributed by atoms with Gasteiger partial charge in [-0.2, -0.15) is 0 Å². The van der Waals surface area contributed by atoms with Crippen molar-refractivity contribution in [3.8, 4) is 5.75 Å². The molecular weight excluding hydrogens is 703 g/mol. The van der Waals surface area contributed by atoms with Gasteiger partial charge in [-0.25, -0.2) is 0 Å². The molecule has 0 spiro atoms. The Morgan fingerprint density at radius 3 is 2.39 bits per heavy atom. The molecule has 2 aliphatic heterocycles. The average Bonchev–Trinajstić information content (AvgIpc) is 3.79. The second-order valence-electron chi connectivity index (χ2n) is 12.9. The molecule has 51 heavy (non-hydrogen) atoms. The van der Waals surface area contributed by atoms with Crippen LogP contribution in [-0.4, -0.2) is 81.7 Å². The molecule has 1 saturated carbocycles. The maximum Gasteiger partial charge on any atom is 0.501 e. The van der Waals surface area contributed by atoms with Gasteiger partial charge < -0.3 is 28.2 Å². The number of hydrogen-bond donors (Lipinski definition) is 1. The number of benzene rings is 2. The number of nitrogens with zero attached hydrogens (tertiary/aromatic N) is 2. The van der Waals surface area contributed by atoms with Crippen LogP contribution in [0, 0.1) is 0 Å². The number of Topliss-reactive ketones (excluding diaryl/α,β-unsaturated/α-hetero) is 1. The minimum atomic E-state index is -2.82. The molecule has 10 nitrogen and oxygen atoms in total. The third-order valence-electron chi connectivity index (χ3n) is 9.60. The monoisotopic (exact) mass is 753 g/mol. The SMILES string of the molecule is CCO[Si](CCC(=O)CCCCCNC(=O)CN1C(=O)/C(=C/c2ccc3c(c2)C2CCCC2N3c2ccc(OC)cc2)SC1=S)(OCC)OCC. The van der Waals surface area contributed by atoms with Crippen LogP contribution < -0.4 is 15.0 Å². The van der Waals surface area contributed by atoms with Crippen LogP contribution in [0.1, 0.15) is 89.2 Å². The molecule has 1 aliphatic carbocycles. The summed E-state index contributed by atoms with van der Waals surface area (Å²) in [6, 6.07) is 15.6. The molecule has 3 aliphatic rings. The lowest BCUT2D eigenvalue weighted by atomic mass is 9.96. The first-order chi connectivity index (χ1) is 24.7. The summed E-state index contributed by atoms with van der Waals surface area (Å²) < 4.78 is 23.3. The lowest BCUT2D eigenvalue weighted by molar-refractivity contribution is -0.128. The van der Waals surface area contributed by atoms with Gasteiger partial charge in [-0.15, -0.1) is 0 Å². The highest BCUT2D eigenvalue weighted by Gasteiger charge is 2.43. The molecule has 1 saturated heterocycles. The zero-order valence-corrected chi connectivity index (χ0v) is 32.9. The van der Waals surface area contributed by atoms with E-state index in [0.717, 1.165) is 49.1 Å². The molecule has 2 unspecified atom stereocenters. The summed E-state index contributed by atoms with van der Waals surface area (Å²) in [5.74, 6) is 0.948. The molecular formula is C38H51N3O7S2Si. The smallest absolute Gasteiger partial charge is 0.497 e. The fourth-order valence-corrected chi connectivity index (χ4v) is 11.1. The lowest BCUT2D eigenvalue weighted by Crippen LogP contribution is -2.46. The van der Waals surface area contributed by atoms with Crippen LogP contribution in [0.5, 0.6) is 5.75 Å². The van der Waals surface area contributed by atoms with Gasteiger partial charge in [-0.3, -0.25) is 19.3 Å². The van der Waals surface area contributed by atoms with Crippen LogP contribution in [0.3, 0.4) is 0 Å². The number of carbonyl (C=O) groups excluding carboxylic acids is 3. The van der Waals surface area contributed by atoms with Crippen molar-refractivity contribution in [2.45, 2.75) is 90.1 Å². The number of methoxy groups -OCH3 is 1. The van der Waals surface area contributed by atoms with Crippen molar-refractivity contribution in [2.24, 2.45) is 0 Å². The van der Waals surface area contributed by atoms with Crippen molar-refractivity contribution in [3.05, 3.63) is 58.5 Å². The molecule has 5 rings (SSSR count). The van der Waals surface area contributed by atoms with Crippen molar-refractivity contribution in [1.82, 2.24) is 10.2 Å². The molecule has 2 atom stereocenters. The summed E-state index contributed by atoms with van der Waals surface area (Å²) in [6.45, 7) is 7.54. The van der Waals surface area contributed by atoms with Crippen LogP contribution in [-0.2, 0) is 27.7 Å². The molecule has 2 amide bonds. The first kappa shape index (κ1) is 39.1. The van der Waals surface area contributed by atoms with Crippen LogP contribution in [0.4, 0.5) is 11.4 Å². The van der Waals surface area contributed by atoms with Crippen molar-refractivity contribution < 1.29 is 32.4 Å². The first-order valence-corrected chi connectivity index (χ1v) is 21.4. The van der Waals surface area contributed by atoms with Crippen molar-refractivity contribution in [3.63, 3.8) is 0 Å². The normalized spacial score (nSPS) is 19.2. The Kier molecular flexibility index (Phi) is 14.3. The Morgan fingerprint density at radius 2 is 1.71 bits per heavy atom. The molecule has 2 fully saturated rings. The fraction of sp³-hybridized carbons (Fsp3) is 0.526. The molecule has 1 N–H and O–H groups in total. The Bertz CT molecular complexity index is 1570. The number of carbonyl (C=O) groups is 3. The summed E-state index contributed by atoms with van der Waals surface area (Å²) in [7, 11) is -1.14. The van der Waals surface area contributed by atoms with E-state index in [1.54, 1.807) is 7.11 Å². The Labute approximate surface area is 313 Å². The van der Waals surface area contributed by atoms with E-state index < -0.39 is 8.80 Å². The van der Waals surface area contributed by atoms with E-state index >= 15 is 0 Å². The number of amides is 2. The maximum absolute atomic E-state index is 13.4. The second kappa shape index (κ2) is 18.6. The molecule has 0 bridgehead atoms. The highest BCUT2D eigenvalue weighted by molar-refractivity contribution is 8.26. The van der Waals surface area contributed by atoms with Gasteiger partial charge in [0.05, 0.1) is 12.0 Å². The van der Waals surface area contributed by atoms with Gasteiger partial charge in [0.15, 0.2) is 0 Å². The number of fused-ring (bicyclic) bond motifs is 3. The second-order valence-corrected chi connectivity index (χ2v) is 17.3. The van der Waals surface area contributed by atoms with Crippen LogP contribution in [0.25, 0.3) is 6.08 Å². The predicted molar refractivity (Wildman–Crippen MR) is 208 cm³/mol. The first-order valence-electron chi connectivity index (χ1n) is 18.2. The minimum Gasteiger partial charge on any atom is -0.497 e. The van der Waals surface area contributed by atoms with Gasteiger partial charge in [0.25, 0.3) is 5.91 Å². The number of anilines is 2. The molecule has 276 valence electrons. The van der Waals surface area contributed by atoms with Gasteiger partial charge >= 0.3 is 8.80 Å². The van der Waals surface area contributed by atoms with Gasteiger partial charge in [0.2, 0.25) is 5.91 Å². The van der Waals surface area contributed by atoms with E-state index in [9.17, 15) is 14.4 Å². The summed E-state index contributed by atoms with van der Waals surface area (Å²) >= 11 is 6.76. The van der Waals surface area contributed by atoms with Crippen LogP contribution >= 0.6 is 24.0 Å². The molecule has 2 aromatic carbocycles. The highest BCUT2D eigenvalue weighted by atomic mass is 32.2. The summed E-state index contributed by atoms with van der Waals surface area (Å²) in [5.41, 5.74) is 4.65. The van der Waals surface area contributed by atoms with Crippen LogP contribution in [0.2, 0.25) is 6.04 Å². The summed E-state index contributed by atoms with van der Waals surface area (Å²) in [6.07, 6.45) is 8.50. The van der Waals surface area contributed by atoms with Gasteiger partial charge in [-0.1, -0.05) is 42.9 Å². The predicted octanol–water partition coefficient (Wildman–Crippen LogP) is 7.37. The van der Waals surface area contributed by atoms with Crippen molar-refractivity contribution in [2.75, 3.05) is 44.9 Å². The molecule has 13 heteroatoms. The molecule has 2 aromatic rings. The van der Waals surface area contributed by atoms with Crippen LogP contribution in [0.15, 0.2) is 47.4 Å². The lowest BCUT2D eigenvalue weighted by Gasteiger charge is -2.28. The van der Waals surface area contributed by atoms with Gasteiger partial charge in [-0.05, 0) is 100 Å². The maximum atomic E-state index is 13.4. The summed E-state index contributed by atoms with van der Waals surface area (Å²) in [4.78, 5) is 43.0. The fourth-order valence-electron chi connectivity index (χ4n) is 7.30. The molecule has 2 heterocycles. The Morgan fingerprint density at radius 1 is 0.980 bits per heavy atom. The third kappa shape index (κ3) is 9.68. The Hall–Kier alpha value is -3.07.